The Balaban J connectivity index is 1.60. The molecule has 2 aromatic carbocycles. The van der Waals surface area contributed by atoms with Gasteiger partial charge in [0.15, 0.2) is 5.11 Å². The molecule has 10 heteroatoms. The zero-order valence-corrected chi connectivity index (χ0v) is 23.0. The lowest BCUT2D eigenvalue weighted by Gasteiger charge is -2.29. The molecule has 2 aromatic heterocycles. The summed E-state index contributed by atoms with van der Waals surface area (Å²) in [5.41, 5.74) is 5.06. The van der Waals surface area contributed by atoms with E-state index in [0.717, 1.165) is 40.3 Å². The zero-order chi connectivity index (χ0) is 26.9. The summed E-state index contributed by atoms with van der Waals surface area (Å²) >= 11 is 5.87. The molecule has 0 saturated carbocycles. The van der Waals surface area contributed by atoms with Gasteiger partial charge in [-0.25, -0.2) is 8.42 Å². The van der Waals surface area contributed by atoms with Crippen LogP contribution in [0.1, 0.15) is 36.0 Å². The lowest BCUT2D eigenvalue weighted by Crippen LogP contribution is -2.30. The van der Waals surface area contributed by atoms with E-state index < -0.39 is 10.0 Å². The number of aryl methyl sites for hydroxylation is 1. The van der Waals surface area contributed by atoms with Crippen LogP contribution in [-0.2, 0) is 10.0 Å². The number of ether oxygens (including phenoxy) is 1. The van der Waals surface area contributed by atoms with Crippen LogP contribution in [0.5, 0.6) is 5.75 Å². The Bertz CT molecular complexity index is 1550. The third-order valence-corrected chi connectivity index (χ3v) is 7.30. The largest absolute Gasteiger partial charge is 0.494 e. The Hall–Kier alpha value is -3.89. The molecule has 0 radical (unpaired) electrons. The molecule has 4 aromatic rings. The average Bonchev–Trinajstić information content (AvgIpc) is 3.50. The lowest BCUT2D eigenvalue weighted by molar-refractivity contribution is 0.340. The topological polar surface area (TPSA) is 88.5 Å². The fourth-order valence-corrected chi connectivity index (χ4v) is 5.76. The maximum Gasteiger partial charge on any atom is 0.229 e. The van der Waals surface area contributed by atoms with Gasteiger partial charge in [0.2, 0.25) is 10.0 Å². The fraction of sp³-hybridized carbons (Fsp3) is 0.214. The van der Waals surface area contributed by atoms with Gasteiger partial charge < -0.3 is 19.5 Å². The number of pyridine rings is 1. The SMILES string of the molecule is CCOc1ccc(-n2cccc2[C@@H]2[C@@H](c3ccccn3)NC(=S)N2c2ccc(NS(C)(=O)=O)c(C)c2)cc1. The number of rotatable bonds is 8. The highest BCUT2D eigenvalue weighted by atomic mass is 32.2. The Labute approximate surface area is 228 Å². The quantitative estimate of drug-likeness (QED) is 0.296. The van der Waals surface area contributed by atoms with Crippen molar-refractivity contribution in [2.45, 2.75) is 25.9 Å². The van der Waals surface area contributed by atoms with Crippen LogP contribution in [-0.4, -0.2) is 35.9 Å². The maximum atomic E-state index is 11.8. The van der Waals surface area contributed by atoms with Gasteiger partial charge in [-0.3, -0.25) is 9.71 Å². The number of aromatic nitrogens is 2. The third-order valence-electron chi connectivity index (χ3n) is 6.39. The highest BCUT2D eigenvalue weighted by Crippen LogP contribution is 2.43. The van der Waals surface area contributed by atoms with Crippen molar-refractivity contribution in [3.8, 4) is 11.4 Å². The molecule has 2 N–H and O–H groups in total. The molecular weight excluding hydrogens is 518 g/mol. The summed E-state index contributed by atoms with van der Waals surface area (Å²) in [6.45, 7) is 4.45. The lowest BCUT2D eigenvalue weighted by atomic mass is 10.0. The van der Waals surface area contributed by atoms with Gasteiger partial charge in [0.1, 0.15) is 11.8 Å². The van der Waals surface area contributed by atoms with Crippen LogP contribution >= 0.6 is 12.2 Å². The van der Waals surface area contributed by atoms with Gasteiger partial charge in [-0.05, 0) is 98.4 Å². The van der Waals surface area contributed by atoms with Gasteiger partial charge in [-0.1, -0.05) is 6.07 Å². The minimum atomic E-state index is -3.40. The molecule has 1 aliphatic rings. The minimum Gasteiger partial charge on any atom is -0.494 e. The van der Waals surface area contributed by atoms with Crippen molar-refractivity contribution in [3.63, 3.8) is 0 Å². The summed E-state index contributed by atoms with van der Waals surface area (Å²) in [6.07, 6.45) is 4.95. The van der Waals surface area contributed by atoms with Crippen molar-refractivity contribution in [2.75, 3.05) is 22.5 Å². The summed E-state index contributed by atoms with van der Waals surface area (Å²) in [4.78, 5) is 6.71. The third kappa shape index (κ3) is 5.23. The molecule has 0 amide bonds. The van der Waals surface area contributed by atoms with Gasteiger partial charge in [0.25, 0.3) is 0 Å². The number of nitrogens with zero attached hydrogens (tertiary/aromatic N) is 3. The molecule has 0 bridgehead atoms. The summed E-state index contributed by atoms with van der Waals surface area (Å²) in [5, 5.41) is 4.05. The standard InChI is InChI=1S/C28H29N5O3S2/c1-4-36-22-13-10-20(11-14-22)32-17-7-9-25(32)27-26(24-8-5-6-16-29-24)30-28(37)33(27)21-12-15-23(19(2)18-21)31-38(3,34)35/h5-18,26-27,31H,4H2,1-3H3,(H,30,37)/t26-,27-/m1/s1. The van der Waals surface area contributed by atoms with E-state index in [4.69, 9.17) is 17.0 Å². The molecule has 1 aliphatic heterocycles. The number of anilines is 2. The van der Waals surface area contributed by atoms with Crippen LogP contribution in [0.15, 0.2) is 85.2 Å². The first-order chi connectivity index (χ1) is 18.2. The van der Waals surface area contributed by atoms with Crippen molar-refractivity contribution in [3.05, 3.63) is 102 Å². The Morgan fingerprint density at radius 3 is 2.47 bits per heavy atom. The highest BCUT2D eigenvalue weighted by Gasteiger charge is 2.42. The fourth-order valence-electron chi connectivity index (χ4n) is 4.79. The van der Waals surface area contributed by atoms with Crippen molar-refractivity contribution in [1.82, 2.24) is 14.9 Å². The predicted octanol–water partition coefficient (Wildman–Crippen LogP) is 5.13. The van der Waals surface area contributed by atoms with Crippen LogP contribution in [0.2, 0.25) is 0 Å². The van der Waals surface area contributed by atoms with Gasteiger partial charge >= 0.3 is 0 Å². The Morgan fingerprint density at radius 1 is 1.05 bits per heavy atom. The molecular formula is C28H29N5O3S2. The number of thiocarbonyl (C=S) groups is 1. The normalized spacial score (nSPS) is 17.3. The van der Waals surface area contributed by atoms with Crippen LogP contribution in [0.3, 0.4) is 0 Å². The molecule has 38 heavy (non-hydrogen) atoms. The average molecular weight is 548 g/mol. The summed E-state index contributed by atoms with van der Waals surface area (Å²) < 4.78 is 34.0. The van der Waals surface area contributed by atoms with Gasteiger partial charge in [-0.15, -0.1) is 0 Å². The zero-order valence-electron chi connectivity index (χ0n) is 21.3. The molecule has 196 valence electrons. The molecule has 1 fully saturated rings. The first-order valence-electron chi connectivity index (χ1n) is 12.2. The Morgan fingerprint density at radius 2 is 1.82 bits per heavy atom. The first kappa shape index (κ1) is 25.7. The monoisotopic (exact) mass is 547 g/mol. The molecule has 1 saturated heterocycles. The molecule has 0 aliphatic carbocycles. The van der Waals surface area contributed by atoms with E-state index in [1.54, 1.807) is 12.3 Å². The van der Waals surface area contributed by atoms with E-state index in [9.17, 15) is 8.42 Å². The minimum absolute atomic E-state index is 0.214. The number of benzene rings is 2. The molecule has 0 spiro atoms. The van der Waals surface area contributed by atoms with E-state index in [1.807, 2.05) is 80.7 Å². The van der Waals surface area contributed by atoms with Crippen molar-refractivity contribution < 1.29 is 13.2 Å². The van der Waals surface area contributed by atoms with Gasteiger partial charge in [-0.2, -0.15) is 0 Å². The van der Waals surface area contributed by atoms with E-state index in [2.05, 4.69) is 30.6 Å². The summed E-state index contributed by atoms with van der Waals surface area (Å²) in [6, 6.07) is 23.1. The summed E-state index contributed by atoms with van der Waals surface area (Å²) in [5.74, 6) is 0.819. The number of sulfonamides is 1. The van der Waals surface area contributed by atoms with Crippen LogP contribution in [0, 0.1) is 6.92 Å². The van der Waals surface area contributed by atoms with E-state index in [-0.39, 0.29) is 12.1 Å². The van der Waals surface area contributed by atoms with E-state index >= 15 is 0 Å². The van der Waals surface area contributed by atoms with Gasteiger partial charge in [0.05, 0.1) is 30.3 Å². The van der Waals surface area contributed by atoms with Crippen molar-refractivity contribution >= 4 is 38.7 Å². The van der Waals surface area contributed by atoms with Crippen LogP contribution in [0.25, 0.3) is 5.69 Å². The molecule has 2 atom stereocenters. The van der Waals surface area contributed by atoms with Crippen molar-refractivity contribution in [1.29, 1.82) is 0 Å². The Kier molecular flexibility index (Phi) is 7.09. The van der Waals surface area contributed by atoms with E-state index in [0.29, 0.717) is 17.4 Å². The second-order valence-electron chi connectivity index (χ2n) is 9.10. The molecule has 0 unspecified atom stereocenters. The first-order valence-corrected chi connectivity index (χ1v) is 14.5. The van der Waals surface area contributed by atoms with Crippen LogP contribution in [0.4, 0.5) is 11.4 Å². The predicted molar refractivity (Wildman–Crippen MR) is 155 cm³/mol. The second kappa shape index (κ2) is 10.5. The number of nitrogens with one attached hydrogen (secondary N) is 2. The summed E-state index contributed by atoms with van der Waals surface area (Å²) in [7, 11) is -3.40. The molecule has 5 rings (SSSR count). The van der Waals surface area contributed by atoms with Gasteiger partial charge in [0, 0.05) is 29.5 Å². The number of hydrogen-bond acceptors (Lipinski definition) is 5. The van der Waals surface area contributed by atoms with Crippen LogP contribution < -0.4 is 19.7 Å². The second-order valence-corrected chi connectivity index (χ2v) is 11.2. The molecule has 3 heterocycles. The maximum absolute atomic E-state index is 11.8. The van der Waals surface area contributed by atoms with Crippen molar-refractivity contribution in [2.24, 2.45) is 0 Å². The smallest absolute Gasteiger partial charge is 0.229 e. The number of hydrogen-bond donors (Lipinski definition) is 2. The van der Waals surface area contributed by atoms with E-state index in [1.165, 1.54) is 0 Å². The molecule has 8 nitrogen and oxygen atoms in total. The highest BCUT2D eigenvalue weighted by molar-refractivity contribution is 7.92.